The molecule has 1 saturated heterocycles. The van der Waals surface area contributed by atoms with Crippen LogP contribution >= 0.6 is 0 Å². The molecule has 0 aromatic carbocycles. The lowest BCUT2D eigenvalue weighted by Crippen LogP contribution is -2.45. The minimum absolute atomic E-state index is 0.118. The van der Waals surface area contributed by atoms with Crippen molar-refractivity contribution in [2.75, 3.05) is 20.1 Å². The van der Waals surface area contributed by atoms with Crippen LogP contribution in [0.2, 0.25) is 0 Å². The van der Waals surface area contributed by atoms with Crippen molar-refractivity contribution in [1.29, 1.82) is 0 Å². The molecule has 0 bridgehead atoms. The predicted octanol–water partition coefficient (Wildman–Crippen LogP) is -1.11. The molecule has 0 aliphatic carbocycles. The average Bonchev–Trinajstić information content (AvgIpc) is 2.15. The SMILES string of the molecule is CN1C(=O)CCNCC1C(=O)O. The standard InChI is InChI=1S/C7H12N2O3/c1-9-5(7(11)12)4-8-3-2-6(9)10/h5,8H,2-4H2,1H3,(H,11,12). The Labute approximate surface area is 70.4 Å². The van der Waals surface area contributed by atoms with Crippen LogP contribution in [0.1, 0.15) is 6.42 Å². The van der Waals surface area contributed by atoms with Crippen LogP contribution in [0.15, 0.2) is 0 Å². The molecule has 68 valence electrons. The van der Waals surface area contributed by atoms with E-state index in [1.54, 1.807) is 0 Å². The summed E-state index contributed by atoms with van der Waals surface area (Å²) in [6.45, 7) is 0.893. The summed E-state index contributed by atoms with van der Waals surface area (Å²) in [6, 6.07) is -0.722. The van der Waals surface area contributed by atoms with Gasteiger partial charge in [0.15, 0.2) is 0 Å². The Hall–Kier alpha value is -1.10. The summed E-state index contributed by atoms with van der Waals surface area (Å²) < 4.78 is 0. The third-order valence-corrected chi connectivity index (χ3v) is 2.00. The van der Waals surface area contributed by atoms with Crippen molar-refractivity contribution < 1.29 is 14.7 Å². The monoisotopic (exact) mass is 172 g/mol. The molecular formula is C7H12N2O3. The van der Waals surface area contributed by atoms with E-state index in [4.69, 9.17) is 5.11 Å². The van der Waals surface area contributed by atoms with Gasteiger partial charge in [0.2, 0.25) is 5.91 Å². The smallest absolute Gasteiger partial charge is 0.327 e. The van der Waals surface area contributed by atoms with Crippen molar-refractivity contribution >= 4 is 11.9 Å². The first-order chi connectivity index (χ1) is 5.63. The van der Waals surface area contributed by atoms with E-state index >= 15 is 0 Å². The highest BCUT2D eigenvalue weighted by atomic mass is 16.4. The number of aliphatic carboxylic acids is 1. The van der Waals surface area contributed by atoms with Gasteiger partial charge in [0.25, 0.3) is 0 Å². The minimum atomic E-state index is -0.958. The maximum absolute atomic E-state index is 11.2. The molecule has 1 heterocycles. The number of hydrogen-bond acceptors (Lipinski definition) is 3. The lowest BCUT2D eigenvalue weighted by Gasteiger charge is -2.21. The summed E-state index contributed by atoms with van der Waals surface area (Å²) in [6.07, 6.45) is 0.375. The first-order valence-electron chi connectivity index (χ1n) is 3.82. The lowest BCUT2D eigenvalue weighted by molar-refractivity contribution is -0.147. The highest BCUT2D eigenvalue weighted by Crippen LogP contribution is 2.02. The molecule has 0 saturated carbocycles. The maximum Gasteiger partial charge on any atom is 0.327 e. The van der Waals surface area contributed by atoms with Gasteiger partial charge < -0.3 is 15.3 Å². The third kappa shape index (κ3) is 1.73. The summed E-state index contributed by atoms with van der Waals surface area (Å²) in [4.78, 5) is 23.1. The summed E-state index contributed by atoms with van der Waals surface area (Å²) >= 11 is 0. The highest BCUT2D eigenvalue weighted by Gasteiger charge is 2.27. The molecule has 2 N–H and O–H groups in total. The normalized spacial score (nSPS) is 25.2. The second-order valence-electron chi connectivity index (χ2n) is 2.81. The van der Waals surface area contributed by atoms with Crippen LogP contribution < -0.4 is 5.32 Å². The molecule has 5 heteroatoms. The summed E-state index contributed by atoms with van der Waals surface area (Å²) in [5.74, 6) is -1.08. The molecule has 1 amide bonds. The van der Waals surface area contributed by atoms with E-state index in [9.17, 15) is 9.59 Å². The van der Waals surface area contributed by atoms with Crippen molar-refractivity contribution in [1.82, 2.24) is 10.2 Å². The van der Waals surface area contributed by atoms with E-state index in [-0.39, 0.29) is 5.91 Å². The van der Waals surface area contributed by atoms with Gasteiger partial charge in [0, 0.05) is 26.6 Å². The predicted molar refractivity (Wildman–Crippen MR) is 41.7 cm³/mol. The fraction of sp³-hybridized carbons (Fsp3) is 0.714. The molecular weight excluding hydrogens is 160 g/mol. The molecule has 1 rings (SSSR count). The quantitative estimate of drug-likeness (QED) is 0.526. The largest absolute Gasteiger partial charge is 0.480 e. The molecule has 0 aromatic rings. The number of carboxylic acids is 1. The zero-order valence-electron chi connectivity index (χ0n) is 6.91. The number of hydrogen-bond donors (Lipinski definition) is 2. The molecule has 0 radical (unpaired) electrons. The molecule has 0 aromatic heterocycles. The minimum Gasteiger partial charge on any atom is -0.480 e. The molecule has 1 fully saturated rings. The van der Waals surface area contributed by atoms with Gasteiger partial charge in [0.05, 0.1) is 0 Å². The van der Waals surface area contributed by atoms with Crippen LogP contribution in [0.3, 0.4) is 0 Å². The first kappa shape index (κ1) is 8.99. The van der Waals surface area contributed by atoms with Crippen LogP contribution in [-0.4, -0.2) is 48.1 Å². The van der Waals surface area contributed by atoms with Gasteiger partial charge in [-0.05, 0) is 0 Å². The number of amides is 1. The summed E-state index contributed by atoms with van der Waals surface area (Å²) in [7, 11) is 1.52. The van der Waals surface area contributed by atoms with Crippen molar-refractivity contribution in [3.05, 3.63) is 0 Å². The number of nitrogens with one attached hydrogen (secondary N) is 1. The van der Waals surface area contributed by atoms with E-state index in [0.29, 0.717) is 19.5 Å². The van der Waals surface area contributed by atoms with E-state index in [1.807, 2.05) is 0 Å². The Balaban J connectivity index is 2.70. The van der Waals surface area contributed by atoms with Crippen molar-refractivity contribution in [3.63, 3.8) is 0 Å². The number of likely N-dealkylation sites (N-methyl/N-ethyl adjacent to an activating group) is 1. The fourth-order valence-corrected chi connectivity index (χ4v) is 1.17. The summed E-state index contributed by atoms with van der Waals surface area (Å²) in [5.41, 5.74) is 0. The zero-order chi connectivity index (χ0) is 9.14. The molecule has 5 nitrogen and oxygen atoms in total. The van der Waals surface area contributed by atoms with E-state index in [1.165, 1.54) is 11.9 Å². The van der Waals surface area contributed by atoms with Gasteiger partial charge in [0.1, 0.15) is 6.04 Å². The number of rotatable bonds is 1. The van der Waals surface area contributed by atoms with Crippen molar-refractivity contribution in [2.24, 2.45) is 0 Å². The molecule has 1 aliphatic heterocycles. The number of carbonyl (C=O) groups excluding carboxylic acids is 1. The third-order valence-electron chi connectivity index (χ3n) is 2.00. The maximum atomic E-state index is 11.2. The zero-order valence-corrected chi connectivity index (χ0v) is 6.91. The van der Waals surface area contributed by atoms with Crippen LogP contribution in [0, 0.1) is 0 Å². The number of nitrogens with zero attached hydrogens (tertiary/aromatic N) is 1. The molecule has 1 atom stereocenters. The van der Waals surface area contributed by atoms with Crippen LogP contribution in [-0.2, 0) is 9.59 Å². The van der Waals surface area contributed by atoms with Crippen molar-refractivity contribution in [2.45, 2.75) is 12.5 Å². The molecule has 1 aliphatic rings. The first-order valence-corrected chi connectivity index (χ1v) is 3.82. The highest BCUT2D eigenvalue weighted by molar-refractivity contribution is 5.84. The van der Waals surface area contributed by atoms with E-state index in [0.717, 1.165) is 0 Å². The second kappa shape index (κ2) is 3.53. The second-order valence-corrected chi connectivity index (χ2v) is 2.81. The van der Waals surface area contributed by atoms with Gasteiger partial charge in [-0.2, -0.15) is 0 Å². The number of carbonyl (C=O) groups is 2. The van der Waals surface area contributed by atoms with Gasteiger partial charge in [-0.15, -0.1) is 0 Å². The van der Waals surface area contributed by atoms with Crippen LogP contribution in [0.25, 0.3) is 0 Å². The van der Waals surface area contributed by atoms with E-state index < -0.39 is 12.0 Å². The average molecular weight is 172 g/mol. The van der Waals surface area contributed by atoms with Crippen LogP contribution in [0.4, 0.5) is 0 Å². The molecule has 12 heavy (non-hydrogen) atoms. The Morgan fingerprint density at radius 1 is 1.75 bits per heavy atom. The van der Waals surface area contributed by atoms with Crippen molar-refractivity contribution in [3.8, 4) is 0 Å². The van der Waals surface area contributed by atoms with Gasteiger partial charge in [-0.3, -0.25) is 4.79 Å². The van der Waals surface area contributed by atoms with Gasteiger partial charge in [-0.1, -0.05) is 0 Å². The Bertz CT molecular complexity index is 205. The molecule has 0 spiro atoms. The fourth-order valence-electron chi connectivity index (χ4n) is 1.17. The summed E-state index contributed by atoms with van der Waals surface area (Å²) in [5, 5.41) is 11.6. The lowest BCUT2D eigenvalue weighted by atomic mass is 10.2. The topological polar surface area (TPSA) is 69.6 Å². The Morgan fingerprint density at radius 3 is 3.00 bits per heavy atom. The van der Waals surface area contributed by atoms with Gasteiger partial charge in [-0.25, -0.2) is 4.79 Å². The van der Waals surface area contributed by atoms with E-state index in [2.05, 4.69) is 5.32 Å². The Morgan fingerprint density at radius 2 is 2.42 bits per heavy atom. The Kier molecular flexibility index (Phi) is 2.65. The number of carboxylic acid groups (broad SMARTS) is 1. The van der Waals surface area contributed by atoms with Crippen LogP contribution in [0.5, 0.6) is 0 Å². The molecule has 1 unspecified atom stereocenters. The van der Waals surface area contributed by atoms with Gasteiger partial charge >= 0.3 is 5.97 Å².